The van der Waals surface area contributed by atoms with Crippen molar-refractivity contribution in [2.45, 2.75) is 128 Å². The van der Waals surface area contributed by atoms with E-state index in [-0.39, 0.29) is 25.5 Å². The summed E-state index contributed by atoms with van der Waals surface area (Å²) in [6, 6.07) is 0. The molecular weight excluding hydrogens is 496 g/mol. The molecule has 11 heteroatoms. The van der Waals surface area contributed by atoms with Crippen LogP contribution in [0.1, 0.15) is 116 Å². The Hall–Kier alpha value is -1.79. The van der Waals surface area contributed by atoms with Crippen molar-refractivity contribution in [3.63, 3.8) is 0 Å². The second-order valence-electron chi connectivity index (χ2n) is 9.82. The van der Waals surface area contributed by atoms with Gasteiger partial charge >= 0.3 is 11.9 Å². The number of rotatable bonds is 27. The van der Waals surface area contributed by atoms with Crippen molar-refractivity contribution in [1.29, 1.82) is 0 Å². The summed E-state index contributed by atoms with van der Waals surface area (Å²) >= 11 is 0. The van der Waals surface area contributed by atoms with Crippen molar-refractivity contribution in [1.82, 2.24) is 10.2 Å². The zero-order valence-electron chi connectivity index (χ0n) is 23.2. The van der Waals surface area contributed by atoms with Crippen LogP contribution in [0.2, 0.25) is 0 Å². The summed E-state index contributed by atoms with van der Waals surface area (Å²) in [6.07, 6.45) is 16.7. The predicted octanol–water partition coefficient (Wildman–Crippen LogP) is 3.20. The quantitative estimate of drug-likeness (QED) is 0.0660. The maximum atomic E-state index is 12.0. The predicted molar refractivity (Wildman–Crippen MR) is 143 cm³/mol. The Morgan fingerprint density at radius 2 is 1.21 bits per heavy atom. The Bertz CT molecular complexity index is 632. The van der Waals surface area contributed by atoms with Crippen molar-refractivity contribution in [3.8, 4) is 0 Å². The molecule has 0 fully saturated rings. The van der Waals surface area contributed by atoms with Gasteiger partial charge in [0.15, 0.2) is 0 Å². The Balaban J connectivity index is 3.92. The van der Waals surface area contributed by atoms with E-state index in [9.17, 15) is 34.8 Å². The first kappa shape index (κ1) is 36.2. The largest absolute Gasteiger partial charge is 0.479 e. The van der Waals surface area contributed by atoms with E-state index in [1.54, 1.807) is 0 Å². The van der Waals surface area contributed by atoms with Gasteiger partial charge in [-0.2, -0.15) is 0 Å². The number of amides is 1. The van der Waals surface area contributed by atoms with Gasteiger partial charge in [-0.25, -0.2) is 14.5 Å². The van der Waals surface area contributed by atoms with Gasteiger partial charge in [0.25, 0.3) is 5.72 Å². The molecule has 0 heterocycles. The fourth-order valence-corrected chi connectivity index (χ4v) is 4.35. The first-order valence-electron chi connectivity index (χ1n) is 14.3. The topological polar surface area (TPSA) is 177 Å². The van der Waals surface area contributed by atoms with Gasteiger partial charge in [0.05, 0.1) is 6.61 Å². The van der Waals surface area contributed by atoms with Gasteiger partial charge in [0.2, 0.25) is 12.0 Å². The highest BCUT2D eigenvalue weighted by Gasteiger charge is 2.55. The van der Waals surface area contributed by atoms with E-state index >= 15 is 0 Å². The van der Waals surface area contributed by atoms with Gasteiger partial charge in [-0.15, -0.1) is 0 Å². The highest BCUT2D eigenvalue weighted by molar-refractivity contribution is 5.87. The number of hydrogen-bond acceptors (Lipinski definition) is 8. The smallest absolute Gasteiger partial charge is 0.355 e. The van der Waals surface area contributed by atoms with Crippen LogP contribution in [0.25, 0.3) is 0 Å². The van der Waals surface area contributed by atoms with Crippen LogP contribution in [0.5, 0.6) is 0 Å². The SMILES string of the molecule is CCCCCCCCCCCCCCCCCC(=O)NCCCOC(C(=O)O)(C(O)C(=O)O)N(CO)CO. The molecular formula is C27H52N2O9. The fraction of sp³-hybridized carbons (Fsp3) is 0.889. The third-order valence-electron chi connectivity index (χ3n) is 6.69. The summed E-state index contributed by atoms with van der Waals surface area (Å²) in [4.78, 5) is 35.3. The Kier molecular flexibility index (Phi) is 22.0. The van der Waals surface area contributed by atoms with E-state index in [2.05, 4.69) is 12.2 Å². The van der Waals surface area contributed by atoms with Crippen LogP contribution in [0.4, 0.5) is 0 Å². The van der Waals surface area contributed by atoms with Gasteiger partial charge in [0.1, 0.15) is 13.5 Å². The molecule has 0 aromatic heterocycles. The van der Waals surface area contributed by atoms with Crippen LogP contribution in [0.3, 0.4) is 0 Å². The first-order valence-corrected chi connectivity index (χ1v) is 14.3. The molecule has 2 unspecified atom stereocenters. The summed E-state index contributed by atoms with van der Waals surface area (Å²) in [6.45, 7) is -0.0696. The number of nitrogens with one attached hydrogen (secondary N) is 1. The lowest BCUT2D eigenvalue weighted by Gasteiger charge is -2.39. The minimum Gasteiger partial charge on any atom is -0.479 e. The number of aliphatic hydroxyl groups excluding tert-OH is 3. The van der Waals surface area contributed by atoms with Crippen molar-refractivity contribution >= 4 is 17.8 Å². The van der Waals surface area contributed by atoms with E-state index < -0.39 is 37.2 Å². The van der Waals surface area contributed by atoms with Crippen molar-refractivity contribution in [3.05, 3.63) is 0 Å². The molecule has 0 saturated carbocycles. The molecule has 2 atom stereocenters. The number of carbonyl (C=O) groups is 3. The molecule has 0 rings (SSSR count). The maximum Gasteiger partial charge on any atom is 0.355 e. The van der Waals surface area contributed by atoms with Crippen LogP contribution in [0, 0.1) is 0 Å². The number of carbonyl (C=O) groups excluding carboxylic acids is 1. The second-order valence-corrected chi connectivity index (χ2v) is 9.82. The molecule has 0 radical (unpaired) electrons. The van der Waals surface area contributed by atoms with Gasteiger partial charge in [-0.3, -0.25) is 4.79 Å². The van der Waals surface area contributed by atoms with E-state index in [1.807, 2.05) is 0 Å². The molecule has 0 aliphatic carbocycles. The van der Waals surface area contributed by atoms with E-state index in [0.29, 0.717) is 11.3 Å². The second kappa shape index (κ2) is 23.1. The maximum absolute atomic E-state index is 12.0. The van der Waals surface area contributed by atoms with Crippen molar-refractivity contribution in [2.24, 2.45) is 0 Å². The molecule has 0 bridgehead atoms. The number of aliphatic carboxylic acids is 2. The third kappa shape index (κ3) is 15.0. The molecule has 38 heavy (non-hydrogen) atoms. The monoisotopic (exact) mass is 548 g/mol. The lowest BCUT2D eigenvalue weighted by Crippen LogP contribution is -2.66. The van der Waals surface area contributed by atoms with Gasteiger partial charge in [-0.05, 0) is 12.8 Å². The summed E-state index contributed by atoms with van der Waals surface area (Å²) in [5.41, 5.74) is -2.88. The van der Waals surface area contributed by atoms with Crippen LogP contribution in [-0.4, -0.2) is 86.7 Å². The number of hydrogen-bond donors (Lipinski definition) is 6. The van der Waals surface area contributed by atoms with E-state index in [0.717, 1.165) is 19.3 Å². The molecule has 0 aliphatic heterocycles. The summed E-state index contributed by atoms with van der Waals surface area (Å²) < 4.78 is 5.15. The molecule has 0 aliphatic rings. The molecule has 6 N–H and O–H groups in total. The summed E-state index contributed by atoms with van der Waals surface area (Å²) in [5, 5.41) is 49.8. The normalized spacial score (nSPS) is 13.8. The van der Waals surface area contributed by atoms with Gasteiger partial charge < -0.3 is 35.6 Å². The lowest BCUT2D eigenvalue weighted by atomic mass is 10.0. The highest BCUT2D eigenvalue weighted by Crippen LogP contribution is 2.23. The minimum absolute atomic E-state index is 0.136. The molecule has 0 saturated heterocycles. The Morgan fingerprint density at radius 3 is 1.61 bits per heavy atom. The number of unbranched alkanes of at least 4 members (excludes halogenated alkanes) is 14. The van der Waals surface area contributed by atoms with Crippen LogP contribution < -0.4 is 5.32 Å². The van der Waals surface area contributed by atoms with Crippen molar-refractivity contribution < 1.29 is 44.7 Å². The molecule has 11 nitrogen and oxygen atoms in total. The van der Waals surface area contributed by atoms with E-state index in [1.165, 1.54) is 77.0 Å². The lowest BCUT2D eigenvalue weighted by molar-refractivity contribution is -0.251. The summed E-state index contributed by atoms with van der Waals surface area (Å²) in [5.74, 6) is -3.91. The van der Waals surface area contributed by atoms with E-state index in [4.69, 9.17) is 9.84 Å². The number of carboxylic acid groups (broad SMARTS) is 2. The number of carboxylic acids is 2. The standard InChI is InChI=1S/C27H52N2O9/c1-2-3-4-5-6-7-8-9-10-11-12-13-14-15-16-18-23(32)28-19-17-20-38-27(26(36)37,24(33)25(34)35)29(21-30)22-31/h24,30-31,33H,2-22H2,1H3,(H,28,32)(H,34,35)(H,36,37). The van der Waals surface area contributed by atoms with Gasteiger partial charge in [0, 0.05) is 13.0 Å². The zero-order chi connectivity index (χ0) is 28.7. The Morgan fingerprint density at radius 1 is 0.763 bits per heavy atom. The highest BCUT2D eigenvalue weighted by atomic mass is 16.6. The zero-order valence-corrected chi connectivity index (χ0v) is 23.2. The van der Waals surface area contributed by atoms with Crippen molar-refractivity contribution in [2.75, 3.05) is 26.6 Å². The van der Waals surface area contributed by atoms with Crippen LogP contribution >= 0.6 is 0 Å². The molecule has 0 aromatic carbocycles. The molecule has 224 valence electrons. The van der Waals surface area contributed by atoms with Crippen LogP contribution in [-0.2, 0) is 19.1 Å². The number of aliphatic hydroxyl groups is 3. The molecule has 1 amide bonds. The third-order valence-corrected chi connectivity index (χ3v) is 6.69. The first-order chi connectivity index (χ1) is 18.3. The number of ether oxygens (including phenoxy) is 1. The number of nitrogens with zero attached hydrogens (tertiary/aromatic N) is 1. The van der Waals surface area contributed by atoms with Gasteiger partial charge in [-0.1, -0.05) is 96.8 Å². The average Bonchev–Trinajstić information content (AvgIpc) is 2.89. The fourth-order valence-electron chi connectivity index (χ4n) is 4.35. The van der Waals surface area contributed by atoms with Crippen LogP contribution in [0.15, 0.2) is 0 Å². The molecule has 0 aromatic rings. The summed E-state index contributed by atoms with van der Waals surface area (Å²) in [7, 11) is 0. The average molecular weight is 549 g/mol. The molecule has 0 spiro atoms. The minimum atomic E-state index is -2.88. The Labute approximate surface area is 227 Å².